The van der Waals surface area contributed by atoms with E-state index in [1.165, 1.54) is 0 Å². The first-order valence-electron chi connectivity index (χ1n) is 6.31. The van der Waals surface area contributed by atoms with Crippen molar-refractivity contribution < 1.29 is 9.53 Å². The average molecular weight is 266 g/mol. The van der Waals surface area contributed by atoms with Crippen LogP contribution in [0.5, 0.6) is 5.75 Å². The van der Waals surface area contributed by atoms with Crippen molar-refractivity contribution in [2.24, 2.45) is 0 Å². The number of ether oxygens (including phenoxy) is 1. The molecule has 1 N–H and O–H groups in total. The Labute approximate surface area is 117 Å². The number of benzene rings is 1. The Kier molecular flexibility index (Phi) is 2.99. The maximum atomic E-state index is 12.2. The minimum atomic E-state index is -0.0810. The molecule has 1 aromatic carbocycles. The van der Waals surface area contributed by atoms with Gasteiger partial charge in [0.05, 0.1) is 12.7 Å². The number of rotatable bonds is 2. The van der Waals surface area contributed by atoms with Gasteiger partial charge in [0.25, 0.3) is 5.91 Å². The Morgan fingerprint density at radius 1 is 1.20 bits per heavy atom. The number of carbonyl (C=O) groups is 1. The van der Waals surface area contributed by atoms with Crippen LogP contribution in [0.15, 0.2) is 42.7 Å². The van der Waals surface area contributed by atoms with Crippen molar-refractivity contribution in [1.29, 1.82) is 0 Å². The van der Waals surface area contributed by atoms with Gasteiger partial charge >= 0.3 is 0 Å². The van der Waals surface area contributed by atoms with E-state index in [9.17, 15) is 4.79 Å². The van der Waals surface area contributed by atoms with Crippen LogP contribution in [0.2, 0.25) is 0 Å². The molecule has 0 spiro atoms. The Balaban J connectivity index is 2.18. The SMILES string of the molecule is COc1ccc2c(c1)/C(=C(/C)c1ccncc1)C(=O)N2. The number of aromatic nitrogens is 1. The lowest BCUT2D eigenvalue weighted by atomic mass is 9.97. The van der Waals surface area contributed by atoms with E-state index in [1.54, 1.807) is 19.5 Å². The van der Waals surface area contributed by atoms with Gasteiger partial charge in [-0.25, -0.2) is 0 Å². The number of fused-ring (bicyclic) bond motifs is 1. The zero-order valence-electron chi connectivity index (χ0n) is 11.3. The highest BCUT2D eigenvalue weighted by atomic mass is 16.5. The van der Waals surface area contributed by atoms with Gasteiger partial charge in [0.1, 0.15) is 5.75 Å². The predicted molar refractivity (Wildman–Crippen MR) is 78.3 cm³/mol. The lowest BCUT2D eigenvalue weighted by Crippen LogP contribution is -2.05. The third-order valence-electron chi connectivity index (χ3n) is 3.46. The van der Waals surface area contributed by atoms with Crippen molar-refractivity contribution in [1.82, 2.24) is 4.98 Å². The topological polar surface area (TPSA) is 51.2 Å². The highest BCUT2D eigenvalue weighted by molar-refractivity contribution is 6.36. The van der Waals surface area contributed by atoms with Crippen LogP contribution in [0.1, 0.15) is 18.1 Å². The van der Waals surface area contributed by atoms with Crippen molar-refractivity contribution in [3.63, 3.8) is 0 Å². The first kappa shape index (κ1) is 12.4. The molecule has 4 nitrogen and oxygen atoms in total. The fourth-order valence-electron chi connectivity index (χ4n) is 2.39. The number of hydrogen-bond donors (Lipinski definition) is 1. The first-order chi connectivity index (χ1) is 9.70. The number of nitrogens with zero attached hydrogens (tertiary/aromatic N) is 1. The van der Waals surface area contributed by atoms with Crippen molar-refractivity contribution in [2.45, 2.75) is 6.92 Å². The van der Waals surface area contributed by atoms with Gasteiger partial charge in [-0.2, -0.15) is 0 Å². The van der Waals surface area contributed by atoms with Crippen molar-refractivity contribution in [3.05, 3.63) is 53.9 Å². The van der Waals surface area contributed by atoms with Gasteiger partial charge in [0, 0.05) is 23.6 Å². The molecule has 1 aliphatic rings. The molecule has 3 rings (SSSR count). The van der Waals surface area contributed by atoms with E-state index < -0.39 is 0 Å². The molecule has 0 saturated heterocycles. The van der Waals surface area contributed by atoms with Crippen molar-refractivity contribution in [2.75, 3.05) is 12.4 Å². The lowest BCUT2D eigenvalue weighted by Gasteiger charge is -2.07. The molecule has 2 heterocycles. The van der Waals surface area contributed by atoms with Crippen LogP contribution in [-0.4, -0.2) is 18.0 Å². The Hall–Kier alpha value is -2.62. The van der Waals surface area contributed by atoms with Gasteiger partial charge in [-0.05, 0) is 48.4 Å². The van der Waals surface area contributed by atoms with E-state index in [0.29, 0.717) is 5.57 Å². The molecule has 2 aromatic rings. The van der Waals surface area contributed by atoms with Gasteiger partial charge in [-0.15, -0.1) is 0 Å². The van der Waals surface area contributed by atoms with Crippen molar-refractivity contribution in [3.8, 4) is 5.75 Å². The van der Waals surface area contributed by atoms with E-state index in [2.05, 4.69) is 10.3 Å². The smallest absolute Gasteiger partial charge is 0.256 e. The van der Waals surface area contributed by atoms with Gasteiger partial charge < -0.3 is 10.1 Å². The monoisotopic (exact) mass is 266 g/mol. The minimum absolute atomic E-state index is 0.0810. The second-order valence-corrected chi connectivity index (χ2v) is 4.60. The van der Waals surface area contributed by atoms with Crippen LogP contribution in [0.25, 0.3) is 11.1 Å². The minimum Gasteiger partial charge on any atom is -0.497 e. The molecule has 100 valence electrons. The number of hydrogen-bond acceptors (Lipinski definition) is 3. The molecule has 20 heavy (non-hydrogen) atoms. The number of carbonyl (C=O) groups excluding carboxylic acids is 1. The summed E-state index contributed by atoms with van der Waals surface area (Å²) in [4.78, 5) is 16.2. The summed E-state index contributed by atoms with van der Waals surface area (Å²) in [5.41, 5.74) is 4.30. The predicted octanol–water partition coefficient (Wildman–Crippen LogP) is 2.97. The van der Waals surface area contributed by atoms with Gasteiger partial charge in [-0.1, -0.05) is 0 Å². The first-order valence-corrected chi connectivity index (χ1v) is 6.31. The fourth-order valence-corrected chi connectivity index (χ4v) is 2.39. The molecule has 1 amide bonds. The summed E-state index contributed by atoms with van der Waals surface area (Å²) in [5, 5.41) is 2.88. The molecule has 0 radical (unpaired) electrons. The second kappa shape index (κ2) is 4.81. The summed E-state index contributed by atoms with van der Waals surface area (Å²) >= 11 is 0. The molecular formula is C16H14N2O2. The summed E-state index contributed by atoms with van der Waals surface area (Å²) < 4.78 is 5.24. The molecule has 1 aromatic heterocycles. The molecule has 0 atom stereocenters. The summed E-state index contributed by atoms with van der Waals surface area (Å²) in [5.74, 6) is 0.655. The largest absolute Gasteiger partial charge is 0.497 e. The summed E-state index contributed by atoms with van der Waals surface area (Å²) in [6, 6.07) is 9.37. The molecule has 0 bridgehead atoms. The van der Waals surface area contributed by atoms with Gasteiger partial charge in [-0.3, -0.25) is 9.78 Å². The standard InChI is InChI=1S/C16H14N2O2/c1-10(11-5-7-17-8-6-11)15-13-9-12(20-2)3-4-14(13)18-16(15)19/h3-9H,1-2H3,(H,18,19)/b15-10+. The normalized spacial score (nSPS) is 15.6. The molecule has 1 aliphatic heterocycles. The number of anilines is 1. The molecule has 4 heteroatoms. The average Bonchev–Trinajstić information content (AvgIpc) is 2.82. The molecule has 0 fully saturated rings. The zero-order valence-corrected chi connectivity index (χ0v) is 11.3. The van der Waals surface area contributed by atoms with Crippen molar-refractivity contribution >= 4 is 22.7 Å². The number of methoxy groups -OCH3 is 1. The van der Waals surface area contributed by atoms with E-state index in [-0.39, 0.29) is 5.91 Å². The molecular weight excluding hydrogens is 252 g/mol. The van der Waals surface area contributed by atoms with Gasteiger partial charge in [0.15, 0.2) is 0 Å². The number of amides is 1. The third-order valence-corrected chi connectivity index (χ3v) is 3.46. The lowest BCUT2D eigenvalue weighted by molar-refractivity contribution is -0.110. The molecule has 0 aliphatic carbocycles. The van der Waals surface area contributed by atoms with Crippen LogP contribution in [-0.2, 0) is 4.79 Å². The quantitative estimate of drug-likeness (QED) is 0.850. The fraction of sp³-hybridized carbons (Fsp3) is 0.125. The van der Waals surface area contributed by atoms with E-state index in [0.717, 1.165) is 28.1 Å². The van der Waals surface area contributed by atoms with Crippen LogP contribution in [0.3, 0.4) is 0 Å². The molecule has 0 unspecified atom stereocenters. The summed E-state index contributed by atoms with van der Waals surface area (Å²) in [6.45, 7) is 1.94. The Morgan fingerprint density at radius 2 is 1.95 bits per heavy atom. The summed E-state index contributed by atoms with van der Waals surface area (Å²) in [6.07, 6.45) is 3.44. The summed E-state index contributed by atoms with van der Waals surface area (Å²) in [7, 11) is 1.62. The maximum Gasteiger partial charge on any atom is 0.256 e. The van der Waals surface area contributed by atoms with Crippen LogP contribution < -0.4 is 10.1 Å². The highest BCUT2D eigenvalue weighted by Gasteiger charge is 2.26. The van der Waals surface area contributed by atoms with Crippen LogP contribution in [0, 0.1) is 0 Å². The highest BCUT2D eigenvalue weighted by Crippen LogP contribution is 2.38. The Morgan fingerprint density at radius 3 is 2.65 bits per heavy atom. The van der Waals surface area contributed by atoms with Gasteiger partial charge in [0.2, 0.25) is 0 Å². The number of pyridine rings is 1. The van der Waals surface area contributed by atoms with E-state index >= 15 is 0 Å². The van der Waals surface area contributed by atoms with E-state index in [4.69, 9.17) is 4.74 Å². The third kappa shape index (κ3) is 1.95. The zero-order chi connectivity index (χ0) is 14.1. The number of nitrogens with one attached hydrogen (secondary N) is 1. The maximum absolute atomic E-state index is 12.2. The second-order valence-electron chi connectivity index (χ2n) is 4.60. The van der Waals surface area contributed by atoms with Crippen LogP contribution >= 0.6 is 0 Å². The number of allylic oxidation sites excluding steroid dienone is 1. The van der Waals surface area contributed by atoms with E-state index in [1.807, 2.05) is 37.3 Å². The molecule has 0 saturated carbocycles. The van der Waals surface area contributed by atoms with Crippen LogP contribution in [0.4, 0.5) is 5.69 Å². The Bertz CT molecular complexity index is 706.